The summed E-state index contributed by atoms with van der Waals surface area (Å²) in [5, 5.41) is 14.3. The monoisotopic (exact) mass is 419 g/mol. The van der Waals surface area contributed by atoms with Crippen LogP contribution in [-0.2, 0) is 13.6 Å². The van der Waals surface area contributed by atoms with Gasteiger partial charge < -0.3 is 15.4 Å². The van der Waals surface area contributed by atoms with Gasteiger partial charge in [-0.1, -0.05) is 0 Å². The first-order valence-corrected chi connectivity index (χ1v) is 9.70. The molecule has 3 heterocycles. The van der Waals surface area contributed by atoms with E-state index in [4.69, 9.17) is 10.5 Å². The van der Waals surface area contributed by atoms with Crippen LogP contribution in [0.15, 0.2) is 35.5 Å². The Balaban J connectivity index is 2.01. The van der Waals surface area contributed by atoms with E-state index in [0.717, 1.165) is 5.56 Å². The molecule has 9 heteroatoms. The molecule has 4 rings (SSSR count). The van der Waals surface area contributed by atoms with Gasteiger partial charge in [0.25, 0.3) is 0 Å². The number of aryl methyl sites for hydroxylation is 1. The molecule has 1 atom stereocenters. The number of nitrogens with zero attached hydrogens (tertiary/aromatic N) is 6. The Hall–Kier alpha value is -3.93. The van der Waals surface area contributed by atoms with Gasteiger partial charge >= 0.3 is 0 Å². The molecule has 0 amide bonds. The van der Waals surface area contributed by atoms with Gasteiger partial charge in [0.1, 0.15) is 29.5 Å². The molecule has 31 heavy (non-hydrogen) atoms. The van der Waals surface area contributed by atoms with E-state index >= 15 is 0 Å². The van der Waals surface area contributed by atoms with Crippen molar-refractivity contribution >= 4 is 11.7 Å². The lowest BCUT2D eigenvalue weighted by Crippen LogP contribution is -2.29. The summed E-state index contributed by atoms with van der Waals surface area (Å²) < 4.78 is 21.8. The van der Waals surface area contributed by atoms with Crippen molar-refractivity contribution < 1.29 is 9.13 Å². The van der Waals surface area contributed by atoms with Gasteiger partial charge in [0.2, 0.25) is 0 Å². The van der Waals surface area contributed by atoms with E-state index in [1.807, 2.05) is 18.9 Å². The van der Waals surface area contributed by atoms with E-state index in [1.165, 1.54) is 12.1 Å². The number of nitriles is 1. The van der Waals surface area contributed by atoms with Gasteiger partial charge in [-0.15, -0.1) is 0 Å². The third-order valence-corrected chi connectivity index (χ3v) is 5.35. The van der Waals surface area contributed by atoms with E-state index < -0.39 is 6.10 Å². The summed E-state index contributed by atoms with van der Waals surface area (Å²) in [6.07, 6.45) is 1.07. The second-order valence-electron chi connectivity index (χ2n) is 7.41. The van der Waals surface area contributed by atoms with Gasteiger partial charge in [0, 0.05) is 49.6 Å². The molecular weight excluding hydrogens is 397 g/mol. The number of nitrogen functional groups attached to an aromatic ring is 1. The Morgan fingerprint density at radius 2 is 2.10 bits per heavy atom. The Bertz CT molecular complexity index is 1240. The topological polar surface area (TPSA) is 105 Å². The number of fused-ring (bicyclic) bond motifs is 5. The lowest BCUT2D eigenvalue weighted by Gasteiger charge is -2.26. The van der Waals surface area contributed by atoms with Crippen LogP contribution in [0.25, 0.3) is 11.1 Å². The van der Waals surface area contributed by atoms with Crippen LogP contribution in [-0.4, -0.2) is 39.6 Å². The summed E-state index contributed by atoms with van der Waals surface area (Å²) in [7, 11) is 5.28. The Morgan fingerprint density at radius 3 is 2.81 bits per heavy atom. The first-order valence-electron chi connectivity index (χ1n) is 9.70. The van der Waals surface area contributed by atoms with Gasteiger partial charge in [-0.25, -0.2) is 9.37 Å². The van der Waals surface area contributed by atoms with Crippen molar-refractivity contribution in [2.75, 3.05) is 19.8 Å². The molecule has 0 aliphatic carbocycles. The summed E-state index contributed by atoms with van der Waals surface area (Å²) in [5.41, 5.74) is 9.86. The maximum atomic E-state index is 14.1. The second kappa shape index (κ2) is 7.72. The van der Waals surface area contributed by atoms with E-state index in [-0.39, 0.29) is 11.6 Å². The number of benzene rings is 1. The van der Waals surface area contributed by atoms with E-state index in [2.05, 4.69) is 21.1 Å². The van der Waals surface area contributed by atoms with Crippen molar-refractivity contribution in [3.63, 3.8) is 0 Å². The molecule has 2 N–H and O–H groups in total. The maximum Gasteiger partial charge on any atom is 0.166 e. The predicted octanol–water partition coefficient (Wildman–Crippen LogP) is 3.04. The second-order valence-corrected chi connectivity index (χ2v) is 7.41. The van der Waals surface area contributed by atoms with Crippen LogP contribution in [0.4, 0.5) is 10.2 Å². The Morgan fingerprint density at radius 1 is 1.32 bits per heavy atom. The molecule has 3 aromatic rings. The lowest BCUT2D eigenvalue weighted by molar-refractivity contribution is 0.226. The largest absolute Gasteiger partial charge is 0.482 e. The molecule has 1 aliphatic rings. The number of anilines is 1. The fourth-order valence-electron chi connectivity index (χ4n) is 3.93. The number of nitrogens with two attached hydrogens (primary N) is 1. The lowest BCUT2D eigenvalue weighted by atomic mass is 9.99. The molecule has 0 radical (unpaired) electrons. The molecule has 1 aromatic carbocycles. The number of pyridine rings is 1. The van der Waals surface area contributed by atoms with E-state index in [0.29, 0.717) is 46.2 Å². The average molecular weight is 419 g/mol. The SMILES string of the molecule is CN=C1c2ccc(F)cc2C(C)Oc2cc(cnc2N)-c2c(nn(C)c2C#N)CN1C. The Labute approximate surface area is 179 Å². The van der Waals surface area contributed by atoms with Crippen LogP contribution >= 0.6 is 0 Å². The minimum Gasteiger partial charge on any atom is -0.482 e. The zero-order valence-electron chi connectivity index (χ0n) is 17.7. The molecule has 0 saturated carbocycles. The van der Waals surface area contributed by atoms with Crippen LogP contribution in [0, 0.1) is 17.1 Å². The minimum absolute atomic E-state index is 0.205. The Kier molecular flexibility index (Phi) is 5.07. The number of aliphatic imine (C=N–C) groups is 1. The molecule has 8 nitrogen and oxygen atoms in total. The number of rotatable bonds is 0. The van der Waals surface area contributed by atoms with Crippen LogP contribution in [0.1, 0.15) is 35.5 Å². The maximum absolute atomic E-state index is 14.1. The number of aromatic nitrogens is 3. The highest BCUT2D eigenvalue weighted by atomic mass is 19.1. The molecule has 158 valence electrons. The number of hydrogen-bond acceptors (Lipinski definition) is 6. The minimum atomic E-state index is -0.529. The number of amidine groups is 1. The summed E-state index contributed by atoms with van der Waals surface area (Å²) >= 11 is 0. The smallest absolute Gasteiger partial charge is 0.166 e. The van der Waals surface area contributed by atoms with Crippen molar-refractivity contribution in [3.8, 4) is 22.9 Å². The molecule has 1 unspecified atom stereocenters. The van der Waals surface area contributed by atoms with Gasteiger partial charge in [-0.3, -0.25) is 9.67 Å². The molecule has 2 bridgehead atoms. The fraction of sp³-hybridized carbons (Fsp3) is 0.273. The van der Waals surface area contributed by atoms with Crippen LogP contribution in [0.2, 0.25) is 0 Å². The number of halogens is 1. The summed E-state index contributed by atoms with van der Waals surface area (Å²) in [4.78, 5) is 10.6. The van der Waals surface area contributed by atoms with Crippen LogP contribution in [0.5, 0.6) is 5.75 Å². The first-order chi connectivity index (χ1) is 14.8. The van der Waals surface area contributed by atoms with E-state index in [9.17, 15) is 9.65 Å². The highest BCUT2D eigenvalue weighted by Crippen LogP contribution is 2.35. The summed E-state index contributed by atoms with van der Waals surface area (Å²) in [6.45, 7) is 2.20. The van der Waals surface area contributed by atoms with Gasteiger partial charge in [-0.2, -0.15) is 10.4 Å². The van der Waals surface area contributed by atoms with Crippen LogP contribution in [0.3, 0.4) is 0 Å². The molecule has 1 aliphatic heterocycles. The zero-order chi connectivity index (χ0) is 22.3. The van der Waals surface area contributed by atoms with Crippen molar-refractivity contribution in [2.24, 2.45) is 12.0 Å². The number of ether oxygens (including phenoxy) is 1. The first kappa shape index (κ1) is 20.3. The standard InChI is InChI=1S/C22H22FN7O/c1-12-16-8-14(23)5-6-15(16)22(26-2)29(3)11-17-20(18(9-24)30(4)28-17)13-7-19(31-12)21(25)27-10-13/h5-8,10,12H,11H2,1-4H3,(H2,25,27). The van der Waals surface area contributed by atoms with Crippen molar-refractivity contribution in [1.29, 1.82) is 5.26 Å². The molecule has 2 aromatic heterocycles. The van der Waals surface area contributed by atoms with Gasteiger partial charge in [-0.05, 0) is 31.2 Å². The molecule has 0 saturated heterocycles. The zero-order valence-corrected chi connectivity index (χ0v) is 17.7. The molecular formula is C22H22FN7O. The van der Waals surface area contributed by atoms with Crippen molar-refractivity contribution in [1.82, 2.24) is 19.7 Å². The fourth-order valence-corrected chi connectivity index (χ4v) is 3.93. The third-order valence-electron chi connectivity index (χ3n) is 5.35. The summed E-state index contributed by atoms with van der Waals surface area (Å²) in [6, 6.07) is 8.49. The van der Waals surface area contributed by atoms with Gasteiger partial charge in [0.05, 0.1) is 12.2 Å². The molecule has 0 fully saturated rings. The highest BCUT2D eigenvalue weighted by Gasteiger charge is 2.26. The van der Waals surface area contributed by atoms with Gasteiger partial charge in [0.15, 0.2) is 11.6 Å². The third kappa shape index (κ3) is 3.46. The normalized spacial score (nSPS) is 17.1. The van der Waals surface area contributed by atoms with Crippen molar-refractivity contribution in [3.05, 3.63) is 58.8 Å². The molecule has 0 spiro atoms. The highest BCUT2D eigenvalue weighted by molar-refractivity contribution is 6.00. The quantitative estimate of drug-likeness (QED) is 0.600. The van der Waals surface area contributed by atoms with Crippen LogP contribution < -0.4 is 10.5 Å². The van der Waals surface area contributed by atoms with Crippen molar-refractivity contribution in [2.45, 2.75) is 19.6 Å². The number of hydrogen-bond donors (Lipinski definition) is 1. The predicted molar refractivity (Wildman–Crippen MR) is 115 cm³/mol. The average Bonchev–Trinajstić information content (AvgIpc) is 3.05. The van der Waals surface area contributed by atoms with E-state index in [1.54, 1.807) is 37.1 Å². The summed E-state index contributed by atoms with van der Waals surface area (Å²) in [5.74, 6) is 0.833.